The largest absolute Gasteiger partial charge is 0.275 e. The van der Waals surface area contributed by atoms with Gasteiger partial charge in [0, 0.05) is 31.2 Å². The van der Waals surface area contributed by atoms with Gasteiger partial charge in [-0.05, 0) is 24.6 Å². The van der Waals surface area contributed by atoms with E-state index in [4.69, 9.17) is 11.6 Å². The van der Waals surface area contributed by atoms with Gasteiger partial charge >= 0.3 is 0 Å². The summed E-state index contributed by atoms with van der Waals surface area (Å²) in [6, 6.07) is 6.20. The highest BCUT2D eigenvalue weighted by Crippen LogP contribution is 2.22. The number of hydrogen-bond acceptors (Lipinski definition) is 2. The lowest BCUT2D eigenvalue weighted by Gasteiger charge is -1.95. The molecule has 5 heteroatoms. The Morgan fingerprint density at radius 1 is 1.15 bits per heavy atom. The predicted molar refractivity (Wildman–Crippen MR) is 82.6 cm³/mol. The normalized spacial score (nSPS) is 11.8. The quantitative estimate of drug-likeness (QED) is 0.723. The second kappa shape index (κ2) is 4.80. The molecule has 3 aromatic rings. The average Bonchev–Trinajstić information content (AvgIpc) is 2.87. The van der Waals surface area contributed by atoms with Gasteiger partial charge in [0.05, 0.1) is 11.2 Å². The highest BCUT2D eigenvalue weighted by molar-refractivity contribution is 6.31. The van der Waals surface area contributed by atoms with E-state index in [1.807, 2.05) is 44.0 Å². The minimum Gasteiger partial charge on any atom is -0.275 e. The van der Waals surface area contributed by atoms with Gasteiger partial charge in [0.25, 0.3) is 0 Å². The van der Waals surface area contributed by atoms with Crippen molar-refractivity contribution in [1.29, 1.82) is 0 Å². The van der Waals surface area contributed by atoms with Gasteiger partial charge < -0.3 is 0 Å². The van der Waals surface area contributed by atoms with Crippen molar-refractivity contribution in [2.45, 2.75) is 6.92 Å². The number of hydrogen-bond donors (Lipinski definition) is 0. The van der Waals surface area contributed by atoms with E-state index in [-0.39, 0.29) is 0 Å². The highest BCUT2D eigenvalue weighted by Gasteiger charge is 2.07. The van der Waals surface area contributed by atoms with Crippen molar-refractivity contribution in [3.8, 4) is 0 Å². The molecule has 4 nitrogen and oxygen atoms in total. The van der Waals surface area contributed by atoms with Crippen molar-refractivity contribution in [2.75, 3.05) is 0 Å². The summed E-state index contributed by atoms with van der Waals surface area (Å²) in [5, 5.41) is 10.5. The Morgan fingerprint density at radius 2 is 1.95 bits per heavy atom. The van der Waals surface area contributed by atoms with Gasteiger partial charge in [-0.1, -0.05) is 29.8 Å². The van der Waals surface area contributed by atoms with E-state index >= 15 is 0 Å². The number of fused-ring (bicyclic) bond motifs is 1. The monoisotopic (exact) mass is 286 g/mol. The topological polar surface area (TPSA) is 35.6 Å². The van der Waals surface area contributed by atoms with Crippen LogP contribution in [0.15, 0.2) is 24.4 Å². The average molecular weight is 287 g/mol. The molecular weight excluding hydrogens is 272 g/mol. The maximum Gasteiger partial charge on any atom is 0.134 e. The minimum atomic E-state index is 0.651. The van der Waals surface area contributed by atoms with E-state index in [1.165, 1.54) is 0 Å². The van der Waals surface area contributed by atoms with Crippen LogP contribution in [0.25, 0.3) is 23.1 Å². The van der Waals surface area contributed by atoms with Crippen LogP contribution in [0.3, 0.4) is 0 Å². The standard InChI is InChI=1S/C15H15ClN4/c1-10-13(15(16)20(3)17-10)7-5-11-4-6-12-9-19(2)18-14(12)8-11/h4-9H,1-3H3/b7-5+. The van der Waals surface area contributed by atoms with Gasteiger partial charge in [-0.25, -0.2) is 0 Å². The van der Waals surface area contributed by atoms with Crippen molar-refractivity contribution in [2.24, 2.45) is 14.1 Å². The number of aromatic nitrogens is 4. The molecule has 0 fully saturated rings. The maximum absolute atomic E-state index is 6.21. The lowest BCUT2D eigenvalue weighted by atomic mass is 10.1. The molecule has 0 radical (unpaired) electrons. The molecule has 2 heterocycles. The fourth-order valence-corrected chi connectivity index (χ4v) is 2.51. The van der Waals surface area contributed by atoms with E-state index in [1.54, 1.807) is 4.68 Å². The third-order valence-corrected chi connectivity index (χ3v) is 3.73. The lowest BCUT2D eigenvalue weighted by Crippen LogP contribution is -1.88. The Balaban J connectivity index is 1.97. The zero-order valence-corrected chi connectivity index (χ0v) is 12.4. The van der Waals surface area contributed by atoms with Crippen LogP contribution >= 0.6 is 11.6 Å². The summed E-state index contributed by atoms with van der Waals surface area (Å²) in [6.45, 7) is 1.95. The molecular formula is C15H15ClN4. The fourth-order valence-electron chi connectivity index (χ4n) is 2.28. The Bertz CT molecular complexity index is 811. The molecule has 0 bridgehead atoms. The molecule has 102 valence electrons. The van der Waals surface area contributed by atoms with Gasteiger partial charge in [-0.2, -0.15) is 10.2 Å². The Morgan fingerprint density at radius 3 is 2.65 bits per heavy atom. The van der Waals surface area contributed by atoms with Crippen LogP contribution < -0.4 is 0 Å². The van der Waals surface area contributed by atoms with Gasteiger partial charge in [0.2, 0.25) is 0 Å². The second-order valence-corrected chi connectivity index (χ2v) is 5.23. The van der Waals surface area contributed by atoms with Crippen LogP contribution in [0.4, 0.5) is 0 Å². The molecule has 2 aromatic heterocycles. The summed E-state index contributed by atoms with van der Waals surface area (Å²) in [4.78, 5) is 0. The second-order valence-electron chi connectivity index (χ2n) is 4.87. The summed E-state index contributed by atoms with van der Waals surface area (Å²) < 4.78 is 3.50. The number of rotatable bonds is 2. The smallest absolute Gasteiger partial charge is 0.134 e. The first-order chi connectivity index (χ1) is 9.54. The zero-order chi connectivity index (χ0) is 14.3. The molecule has 0 spiro atoms. The molecule has 20 heavy (non-hydrogen) atoms. The minimum absolute atomic E-state index is 0.651. The van der Waals surface area contributed by atoms with Crippen molar-refractivity contribution >= 4 is 34.7 Å². The van der Waals surface area contributed by atoms with Gasteiger partial charge in [0.15, 0.2) is 0 Å². The number of halogens is 1. The zero-order valence-electron chi connectivity index (χ0n) is 11.6. The molecule has 0 N–H and O–H groups in total. The summed E-state index contributed by atoms with van der Waals surface area (Å²) in [6.07, 6.45) is 6.03. The first-order valence-electron chi connectivity index (χ1n) is 6.35. The predicted octanol–water partition coefficient (Wildman–Crippen LogP) is 3.44. The van der Waals surface area contributed by atoms with Gasteiger partial charge in [0.1, 0.15) is 5.15 Å². The number of nitrogens with zero attached hydrogens (tertiary/aromatic N) is 4. The Labute approximate surface area is 122 Å². The molecule has 0 aliphatic heterocycles. The van der Waals surface area contributed by atoms with Gasteiger partial charge in [-0.3, -0.25) is 9.36 Å². The first-order valence-corrected chi connectivity index (χ1v) is 6.73. The summed E-state index contributed by atoms with van der Waals surface area (Å²) in [5.74, 6) is 0. The Kier molecular flexibility index (Phi) is 3.10. The van der Waals surface area contributed by atoms with E-state index in [0.717, 1.165) is 27.7 Å². The highest BCUT2D eigenvalue weighted by atomic mass is 35.5. The van der Waals surface area contributed by atoms with Gasteiger partial charge in [-0.15, -0.1) is 0 Å². The number of aryl methyl sites for hydroxylation is 3. The molecule has 0 saturated heterocycles. The summed E-state index contributed by atoms with van der Waals surface area (Å²) in [5.41, 5.74) is 3.96. The lowest BCUT2D eigenvalue weighted by molar-refractivity contribution is 0.757. The van der Waals surface area contributed by atoms with Crippen LogP contribution in [-0.4, -0.2) is 19.6 Å². The molecule has 1 aromatic carbocycles. The summed E-state index contributed by atoms with van der Waals surface area (Å²) >= 11 is 6.21. The third kappa shape index (κ3) is 2.23. The van der Waals surface area contributed by atoms with Crippen molar-refractivity contribution in [1.82, 2.24) is 19.6 Å². The molecule has 0 unspecified atom stereocenters. The summed E-state index contributed by atoms with van der Waals surface area (Å²) in [7, 11) is 3.76. The van der Waals surface area contributed by atoms with E-state index in [9.17, 15) is 0 Å². The third-order valence-electron chi connectivity index (χ3n) is 3.28. The van der Waals surface area contributed by atoms with E-state index < -0.39 is 0 Å². The first kappa shape index (κ1) is 12.9. The van der Waals surface area contributed by atoms with Crippen LogP contribution in [0.1, 0.15) is 16.8 Å². The van der Waals surface area contributed by atoms with Crippen LogP contribution in [-0.2, 0) is 14.1 Å². The SMILES string of the molecule is Cc1nn(C)c(Cl)c1/C=C/c1ccc2cn(C)nc2c1. The van der Waals surface area contributed by atoms with Crippen molar-refractivity contribution in [3.63, 3.8) is 0 Å². The molecule has 0 amide bonds. The van der Waals surface area contributed by atoms with Crippen LogP contribution in [0.5, 0.6) is 0 Å². The van der Waals surface area contributed by atoms with Crippen molar-refractivity contribution < 1.29 is 0 Å². The van der Waals surface area contributed by atoms with E-state index in [0.29, 0.717) is 5.15 Å². The molecule has 0 aliphatic rings. The Hall–Kier alpha value is -2.07. The fraction of sp³-hybridized carbons (Fsp3) is 0.200. The molecule has 3 rings (SSSR count). The molecule has 0 saturated carbocycles. The maximum atomic E-state index is 6.21. The number of benzene rings is 1. The molecule has 0 atom stereocenters. The van der Waals surface area contributed by atoms with Crippen LogP contribution in [0, 0.1) is 6.92 Å². The van der Waals surface area contributed by atoms with E-state index in [2.05, 4.69) is 28.4 Å². The molecule has 0 aliphatic carbocycles. The van der Waals surface area contributed by atoms with Crippen LogP contribution in [0.2, 0.25) is 5.15 Å². The van der Waals surface area contributed by atoms with Crippen molar-refractivity contribution in [3.05, 3.63) is 46.4 Å².